The Balaban J connectivity index is 5.31. The molecule has 0 heterocycles. The number of carbonyl (C=O) groups is 4. The minimum absolute atomic E-state index is 0.0811. The summed E-state index contributed by atoms with van der Waals surface area (Å²) in [6.45, 7) is 9.29. The summed E-state index contributed by atoms with van der Waals surface area (Å²) in [5, 5.41) is 10.6. The first-order chi connectivity index (χ1) is 43.4. The van der Waals surface area contributed by atoms with E-state index in [1.165, 1.54) is 89.9 Å². The summed E-state index contributed by atoms with van der Waals surface area (Å²) in [5.74, 6) is -0.792. The second-order valence-electron chi connectivity index (χ2n) is 25.2. The molecule has 0 fully saturated rings. The van der Waals surface area contributed by atoms with Crippen LogP contribution in [0.15, 0.2) is 48.6 Å². The van der Waals surface area contributed by atoms with Gasteiger partial charge in [0.05, 0.1) is 26.4 Å². The Hall–Kier alpha value is -2.98. The maximum atomic E-state index is 13.0. The number of rotatable bonds is 66. The van der Waals surface area contributed by atoms with Crippen molar-refractivity contribution in [3.63, 3.8) is 0 Å². The van der Waals surface area contributed by atoms with E-state index < -0.39 is 97.5 Å². The van der Waals surface area contributed by atoms with Gasteiger partial charge in [-0.2, -0.15) is 0 Å². The molecule has 0 radical (unpaired) electrons. The Labute approximate surface area is 547 Å². The van der Waals surface area contributed by atoms with Gasteiger partial charge in [-0.3, -0.25) is 37.3 Å². The largest absolute Gasteiger partial charge is 0.472 e. The topological polar surface area (TPSA) is 237 Å². The van der Waals surface area contributed by atoms with Gasteiger partial charge in [-0.05, 0) is 88.9 Å². The van der Waals surface area contributed by atoms with Gasteiger partial charge in [0.1, 0.15) is 19.3 Å². The summed E-state index contributed by atoms with van der Waals surface area (Å²) in [6, 6.07) is 0. The van der Waals surface area contributed by atoms with Crippen LogP contribution in [-0.2, 0) is 65.4 Å². The minimum atomic E-state index is -4.96. The Morgan fingerprint density at radius 3 is 0.900 bits per heavy atom. The maximum absolute atomic E-state index is 13.0. The predicted octanol–water partition coefficient (Wildman–Crippen LogP) is 19.5. The van der Waals surface area contributed by atoms with Gasteiger partial charge in [-0.25, -0.2) is 9.13 Å². The van der Waals surface area contributed by atoms with E-state index in [1.54, 1.807) is 0 Å². The molecule has 0 amide bonds. The third-order valence-corrected chi connectivity index (χ3v) is 17.1. The molecule has 0 aliphatic rings. The van der Waals surface area contributed by atoms with Gasteiger partial charge in [0, 0.05) is 25.7 Å². The molecule has 3 N–H and O–H groups in total. The number of hydrogen-bond donors (Lipinski definition) is 3. The highest BCUT2D eigenvalue weighted by molar-refractivity contribution is 7.47. The van der Waals surface area contributed by atoms with Crippen LogP contribution in [-0.4, -0.2) is 96.7 Å². The lowest BCUT2D eigenvalue weighted by molar-refractivity contribution is -0.161. The van der Waals surface area contributed by atoms with Crippen LogP contribution in [0.4, 0.5) is 0 Å². The second kappa shape index (κ2) is 62.2. The summed E-state index contributed by atoms with van der Waals surface area (Å²) < 4.78 is 68.2. The van der Waals surface area contributed by atoms with Crippen molar-refractivity contribution in [2.24, 2.45) is 11.8 Å². The fraction of sp³-hybridized carbons (Fsp3) is 0.831. The van der Waals surface area contributed by atoms with Crippen molar-refractivity contribution in [1.82, 2.24) is 0 Å². The summed E-state index contributed by atoms with van der Waals surface area (Å²) >= 11 is 0. The molecule has 0 aliphatic carbocycles. The van der Waals surface area contributed by atoms with Crippen molar-refractivity contribution in [1.29, 1.82) is 0 Å². The van der Waals surface area contributed by atoms with E-state index in [0.29, 0.717) is 31.6 Å². The highest BCUT2D eigenvalue weighted by Crippen LogP contribution is 2.45. The van der Waals surface area contributed by atoms with Crippen LogP contribution in [0.5, 0.6) is 0 Å². The van der Waals surface area contributed by atoms with Crippen LogP contribution in [0.2, 0.25) is 0 Å². The number of phosphoric ester groups is 2. The van der Waals surface area contributed by atoms with Crippen molar-refractivity contribution in [3.8, 4) is 0 Å². The molecule has 90 heavy (non-hydrogen) atoms. The molecule has 0 aromatic rings. The number of aliphatic hydroxyl groups excluding tert-OH is 1. The molecule has 0 spiro atoms. The molecule has 0 bridgehead atoms. The molecule has 19 heteroatoms. The zero-order valence-electron chi connectivity index (χ0n) is 57.4. The van der Waals surface area contributed by atoms with Crippen LogP contribution in [0.1, 0.15) is 311 Å². The summed E-state index contributed by atoms with van der Waals surface area (Å²) in [6.07, 6.45) is 53.2. The van der Waals surface area contributed by atoms with Crippen molar-refractivity contribution < 1.29 is 80.2 Å². The normalized spacial score (nSPS) is 14.5. The van der Waals surface area contributed by atoms with E-state index in [9.17, 15) is 43.2 Å². The summed E-state index contributed by atoms with van der Waals surface area (Å²) in [7, 11) is -9.93. The van der Waals surface area contributed by atoms with Crippen molar-refractivity contribution in [2.45, 2.75) is 330 Å². The summed E-state index contributed by atoms with van der Waals surface area (Å²) in [5.41, 5.74) is 0. The van der Waals surface area contributed by atoms with E-state index in [2.05, 4.69) is 90.2 Å². The van der Waals surface area contributed by atoms with Crippen molar-refractivity contribution in [3.05, 3.63) is 48.6 Å². The second-order valence-corrected chi connectivity index (χ2v) is 28.1. The zero-order valence-corrected chi connectivity index (χ0v) is 59.2. The van der Waals surface area contributed by atoms with Gasteiger partial charge >= 0.3 is 39.5 Å². The first-order valence-corrected chi connectivity index (χ1v) is 38.6. The molecule has 0 saturated carbocycles. The minimum Gasteiger partial charge on any atom is -0.462 e. The van der Waals surface area contributed by atoms with Gasteiger partial charge < -0.3 is 33.8 Å². The van der Waals surface area contributed by atoms with Crippen molar-refractivity contribution >= 4 is 39.5 Å². The number of allylic oxidation sites excluding steroid dienone is 8. The average molecular weight is 1320 g/mol. The Morgan fingerprint density at radius 2 is 0.600 bits per heavy atom. The number of ether oxygens (including phenoxy) is 4. The smallest absolute Gasteiger partial charge is 0.462 e. The van der Waals surface area contributed by atoms with Gasteiger partial charge in [0.2, 0.25) is 0 Å². The average Bonchev–Trinajstić information content (AvgIpc) is 3.37. The fourth-order valence-corrected chi connectivity index (χ4v) is 11.3. The van der Waals surface area contributed by atoms with E-state index in [-0.39, 0.29) is 25.7 Å². The standard InChI is InChI=1S/C71H130O17P2/c1-7-9-11-13-15-17-19-21-23-25-27-29-35-43-49-55-70(75)87-66(59-81-68(73)53-47-41-34-32-31-33-39-45-51-63(3)4)61-85-89(77,78)83-57-65(72)58-84-90(79,80)86-62-67(60-82-69(74)54-48-42-38-37-40-46-52-64(5)6)88-71(76)56-50-44-36-30-28-26-24-22-20-18-16-14-12-10-8-2/h17-24,63-67,72H,7-16,25-62H2,1-6H3,(H,77,78)(H,79,80)/b19-17-,20-18-,23-21-,24-22-/t65-,66-,67-/m1/s1. The lowest BCUT2D eigenvalue weighted by atomic mass is 10.0. The maximum Gasteiger partial charge on any atom is 0.472 e. The number of carbonyl (C=O) groups excluding carboxylic acids is 4. The summed E-state index contributed by atoms with van der Waals surface area (Å²) in [4.78, 5) is 72.5. The van der Waals surface area contributed by atoms with E-state index >= 15 is 0 Å². The number of phosphoric acid groups is 2. The Bertz CT molecular complexity index is 1940. The fourth-order valence-electron chi connectivity index (χ4n) is 9.69. The van der Waals surface area contributed by atoms with Gasteiger partial charge in [0.15, 0.2) is 12.2 Å². The molecule has 0 aliphatic heterocycles. The third kappa shape index (κ3) is 63.8. The molecule has 2 unspecified atom stereocenters. The zero-order chi connectivity index (χ0) is 66.5. The van der Waals surface area contributed by atoms with Crippen LogP contribution in [0.25, 0.3) is 0 Å². The first-order valence-electron chi connectivity index (χ1n) is 35.6. The number of unbranched alkanes of at least 4 members (excludes halogenated alkanes) is 30. The third-order valence-electron chi connectivity index (χ3n) is 15.2. The van der Waals surface area contributed by atoms with Crippen LogP contribution >= 0.6 is 15.6 Å². The molecule has 526 valence electrons. The number of esters is 4. The SMILES string of the molecule is CCCCCC/C=C\C=C/CCCCCCCC(=O)O[C@H](COC(=O)CCCCCCCCCCC(C)C)COP(=O)(O)OC[C@@H](O)COP(=O)(O)OC[C@@H](COC(=O)CCCCCCCCC(C)C)OC(=O)CCCCCCC/C=C\C=C/CCCCCC. The van der Waals surface area contributed by atoms with Crippen LogP contribution in [0, 0.1) is 11.8 Å². The Morgan fingerprint density at radius 1 is 0.344 bits per heavy atom. The van der Waals surface area contributed by atoms with E-state index in [1.807, 2.05) is 0 Å². The van der Waals surface area contributed by atoms with E-state index in [4.69, 9.17) is 37.0 Å². The highest BCUT2D eigenvalue weighted by Gasteiger charge is 2.30. The van der Waals surface area contributed by atoms with Gasteiger partial charge in [-0.1, -0.05) is 257 Å². The molecule has 0 aromatic carbocycles. The lowest BCUT2D eigenvalue weighted by Crippen LogP contribution is -2.30. The van der Waals surface area contributed by atoms with Crippen molar-refractivity contribution in [2.75, 3.05) is 39.6 Å². The van der Waals surface area contributed by atoms with Crippen LogP contribution < -0.4 is 0 Å². The lowest BCUT2D eigenvalue weighted by Gasteiger charge is -2.21. The molecule has 0 rings (SSSR count). The van der Waals surface area contributed by atoms with Gasteiger partial charge in [-0.15, -0.1) is 0 Å². The first kappa shape index (κ1) is 87.0. The molecule has 17 nitrogen and oxygen atoms in total. The molecule has 0 aromatic heterocycles. The monoisotopic (exact) mass is 1320 g/mol. The molecular weight excluding hydrogens is 1190 g/mol. The Kier molecular flexibility index (Phi) is 60.1. The highest BCUT2D eigenvalue weighted by atomic mass is 31.2. The molecule has 5 atom stereocenters. The number of hydrogen-bond acceptors (Lipinski definition) is 15. The quantitative estimate of drug-likeness (QED) is 0.0169. The molecular formula is C71H130O17P2. The number of aliphatic hydroxyl groups is 1. The van der Waals surface area contributed by atoms with Crippen LogP contribution in [0.3, 0.4) is 0 Å². The van der Waals surface area contributed by atoms with Gasteiger partial charge in [0.25, 0.3) is 0 Å². The predicted molar refractivity (Wildman–Crippen MR) is 363 cm³/mol. The van der Waals surface area contributed by atoms with E-state index in [0.717, 1.165) is 134 Å². The molecule has 0 saturated heterocycles.